The molecule has 1 aromatic heterocycles. The van der Waals surface area contributed by atoms with E-state index >= 15 is 0 Å². The topological polar surface area (TPSA) is 49.4 Å². The van der Waals surface area contributed by atoms with Crippen molar-refractivity contribution in [2.75, 3.05) is 11.9 Å². The molecule has 1 unspecified atom stereocenters. The normalized spacial score (nSPS) is 16.6. The van der Waals surface area contributed by atoms with Crippen LogP contribution in [0.2, 0.25) is 0 Å². The molecule has 2 heterocycles. The van der Waals surface area contributed by atoms with Gasteiger partial charge in [-0.1, -0.05) is 42.0 Å². The van der Waals surface area contributed by atoms with E-state index in [-0.39, 0.29) is 24.4 Å². The number of carbonyl (C=O) groups excluding carboxylic acids is 2. The number of amides is 2. The van der Waals surface area contributed by atoms with Crippen LogP contribution >= 0.6 is 11.3 Å². The first-order chi connectivity index (χ1) is 12.6. The number of rotatable bonds is 2. The van der Waals surface area contributed by atoms with Crippen LogP contribution in [0.4, 0.5) is 5.69 Å². The van der Waals surface area contributed by atoms with Gasteiger partial charge in [0.2, 0.25) is 5.91 Å². The number of thiophene rings is 1. The first-order valence-electron chi connectivity index (χ1n) is 8.43. The molecule has 0 aliphatic carbocycles. The molecule has 0 saturated carbocycles. The summed E-state index contributed by atoms with van der Waals surface area (Å²) in [5, 5.41) is 4.95. The lowest BCUT2D eigenvalue weighted by atomic mass is 9.99. The lowest BCUT2D eigenvalue weighted by Crippen LogP contribution is -2.38. The number of benzene rings is 2. The zero-order chi connectivity index (χ0) is 18.1. The van der Waals surface area contributed by atoms with Crippen LogP contribution in [-0.2, 0) is 4.79 Å². The SMILES string of the molecule is Cc1ccc2c(c1)C(c1cccs1)N(C(=O)c1ccccc1)CC(=O)N2. The summed E-state index contributed by atoms with van der Waals surface area (Å²) in [7, 11) is 0. The van der Waals surface area contributed by atoms with Crippen LogP contribution in [0.1, 0.15) is 32.4 Å². The Kier molecular flexibility index (Phi) is 4.31. The third-order valence-electron chi connectivity index (χ3n) is 4.50. The highest BCUT2D eigenvalue weighted by Crippen LogP contribution is 2.38. The van der Waals surface area contributed by atoms with Gasteiger partial charge in [-0.3, -0.25) is 9.59 Å². The summed E-state index contributed by atoms with van der Waals surface area (Å²) in [6.07, 6.45) is 0. The summed E-state index contributed by atoms with van der Waals surface area (Å²) in [4.78, 5) is 28.4. The molecule has 0 saturated heterocycles. The number of hydrogen-bond acceptors (Lipinski definition) is 3. The fourth-order valence-corrected chi connectivity index (χ4v) is 4.17. The van der Waals surface area contributed by atoms with Crippen LogP contribution in [0.15, 0.2) is 66.0 Å². The fraction of sp³-hybridized carbons (Fsp3) is 0.143. The maximum absolute atomic E-state index is 13.2. The quantitative estimate of drug-likeness (QED) is 0.741. The Labute approximate surface area is 156 Å². The van der Waals surface area contributed by atoms with Gasteiger partial charge < -0.3 is 10.2 Å². The van der Waals surface area contributed by atoms with Crippen LogP contribution in [-0.4, -0.2) is 23.3 Å². The second kappa shape index (κ2) is 6.77. The average molecular weight is 362 g/mol. The maximum atomic E-state index is 13.2. The molecular weight excluding hydrogens is 344 g/mol. The Morgan fingerprint density at radius 1 is 1.12 bits per heavy atom. The first kappa shape index (κ1) is 16.5. The van der Waals surface area contributed by atoms with Crippen LogP contribution in [0, 0.1) is 6.92 Å². The summed E-state index contributed by atoms with van der Waals surface area (Å²) < 4.78 is 0. The predicted molar refractivity (Wildman–Crippen MR) is 103 cm³/mol. The molecule has 130 valence electrons. The van der Waals surface area contributed by atoms with Crippen LogP contribution in [0.5, 0.6) is 0 Å². The van der Waals surface area contributed by atoms with Gasteiger partial charge in [0.1, 0.15) is 6.54 Å². The summed E-state index contributed by atoms with van der Waals surface area (Å²) in [5.74, 6) is -0.327. The number of hydrogen-bond donors (Lipinski definition) is 1. The Morgan fingerprint density at radius 3 is 2.65 bits per heavy atom. The lowest BCUT2D eigenvalue weighted by molar-refractivity contribution is -0.117. The van der Waals surface area contributed by atoms with Crippen molar-refractivity contribution in [3.63, 3.8) is 0 Å². The second-order valence-electron chi connectivity index (χ2n) is 6.36. The Morgan fingerprint density at radius 2 is 1.92 bits per heavy atom. The maximum Gasteiger partial charge on any atom is 0.255 e. The molecule has 0 fully saturated rings. The van der Waals surface area contributed by atoms with Gasteiger partial charge in [-0.2, -0.15) is 0 Å². The third-order valence-corrected chi connectivity index (χ3v) is 5.42. The highest BCUT2D eigenvalue weighted by atomic mass is 32.1. The van der Waals surface area contributed by atoms with Gasteiger partial charge in [-0.05, 0) is 36.6 Å². The summed E-state index contributed by atoms with van der Waals surface area (Å²) in [6, 6.07) is 18.8. The molecule has 2 aromatic carbocycles. The Hall–Kier alpha value is -2.92. The minimum Gasteiger partial charge on any atom is -0.324 e. The zero-order valence-electron chi connectivity index (χ0n) is 14.3. The van der Waals surface area contributed by atoms with E-state index in [4.69, 9.17) is 0 Å². The van der Waals surface area contributed by atoms with Crippen molar-refractivity contribution in [3.8, 4) is 0 Å². The average Bonchev–Trinajstić information content (AvgIpc) is 3.13. The van der Waals surface area contributed by atoms with E-state index in [9.17, 15) is 9.59 Å². The van der Waals surface area contributed by atoms with Crippen molar-refractivity contribution in [3.05, 3.63) is 87.6 Å². The van der Waals surface area contributed by atoms with E-state index in [1.165, 1.54) is 0 Å². The smallest absolute Gasteiger partial charge is 0.255 e. The lowest BCUT2D eigenvalue weighted by Gasteiger charge is -2.29. The van der Waals surface area contributed by atoms with E-state index < -0.39 is 0 Å². The van der Waals surface area contributed by atoms with Gasteiger partial charge in [0.15, 0.2) is 0 Å². The molecule has 0 radical (unpaired) electrons. The molecule has 3 aromatic rings. The molecule has 0 bridgehead atoms. The van der Waals surface area contributed by atoms with Gasteiger partial charge in [0.25, 0.3) is 5.91 Å². The van der Waals surface area contributed by atoms with Gasteiger partial charge in [-0.15, -0.1) is 11.3 Å². The number of fused-ring (bicyclic) bond motifs is 1. The molecule has 0 spiro atoms. The Balaban J connectivity index is 1.88. The van der Waals surface area contributed by atoms with Crippen molar-refractivity contribution >= 4 is 28.8 Å². The van der Waals surface area contributed by atoms with Gasteiger partial charge >= 0.3 is 0 Å². The zero-order valence-corrected chi connectivity index (χ0v) is 15.1. The summed E-state index contributed by atoms with van der Waals surface area (Å²) >= 11 is 1.59. The van der Waals surface area contributed by atoms with Crippen LogP contribution in [0.25, 0.3) is 0 Å². The van der Waals surface area contributed by atoms with E-state index in [2.05, 4.69) is 11.4 Å². The minimum atomic E-state index is -0.295. The number of nitrogens with zero attached hydrogens (tertiary/aromatic N) is 1. The highest BCUT2D eigenvalue weighted by Gasteiger charge is 2.34. The molecular formula is C21H18N2O2S. The number of aryl methyl sites for hydroxylation is 1. The number of anilines is 1. The van der Waals surface area contributed by atoms with Crippen molar-refractivity contribution in [1.82, 2.24) is 4.90 Å². The Bertz CT molecular complexity index is 951. The van der Waals surface area contributed by atoms with Crippen LogP contribution in [0.3, 0.4) is 0 Å². The molecule has 1 N–H and O–H groups in total. The fourth-order valence-electron chi connectivity index (χ4n) is 3.32. The van der Waals surface area contributed by atoms with Gasteiger partial charge in [0, 0.05) is 21.7 Å². The highest BCUT2D eigenvalue weighted by molar-refractivity contribution is 7.10. The van der Waals surface area contributed by atoms with E-state index in [1.54, 1.807) is 28.4 Å². The number of nitrogens with one attached hydrogen (secondary N) is 1. The summed E-state index contributed by atoms with van der Waals surface area (Å²) in [5.41, 5.74) is 3.39. The van der Waals surface area contributed by atoms with Gasteiger partial charge in [-0.25, -0.2) is 0 Å². The molecule has 1 aliphatic heterocycles. The molecule has 5 heteroatoms. The molecule has 1 aliphatic rings. The monoisotopic (exact) mass is 362 g/mol. The molecule has 26 heavy (non-hydrogen) atoms. The van der Waals surface area contributed by atoms with E-state index in [0.717, 1.165) is 21.7 Å². The van der Waals surface area contributed by atoms with Crippen molar-refractivity contribution in [2.24, 2.45) is 0 Å². The van der Waals surface area contributed by atoms with Gasteiger partial charge in [0.05, 0.1) is 6.04 Å². The van der Waals surface area contributed by atoms with Crippen molar-refractivity contribution in [2.45, 2.75) is 13.0 Å². The van der Waals surface area contributed by atoms with Crippen LogP contribution < -0.4 is 5.32 Å². The standard InChI is InChI=1S/C21H18N2O2S/c1-14-9-10-17-16(12-14)20(18-8-5-11-26-18)23(13-19(24)22-17)21(25)15-6-3-2-4-7-15/h2-12,20H,13H2,1H3,(H,22,24). The van der Waals surface area contributed by atoms with E-state index in [1.807, 2.05) is 54.8 Å². The van der Waals surface area contributed by atoms with E-state index in [0.29, 0.717) is 5.56 Å². The third kappa shape index (κ3) is 3.02. The van der Waals surface area contributed by atoms with Crippen molar-refractivity contribution < 1.29 is 9.59 Å². The second-order valence-corrected chi connectivity index (χ2v) is 7.34. The predicted octanol–water partition coefficient (Wildman–Crippen LogP) is 4.24. The molecule has 1 atom stereocenters. The summed E-state index contributed by atoms with van der Waals surface area (Å²) in [6.45, 7) is 2.03. The number of carbonyl (C=O) groups is 2. The minimum absolute atomic E-state index is 0.0179. The largest absolute Gasteiger partial charge is 0.324 e. The van der Waals surface area contributed by atoms with Crippen molar-refractivity contribution in [1.29, 1.82) is 0 Å². The first-order valence-corrected chi connectivity index (χ1v) is 9.31. The molecule has 4 rings (SSSR count). The molecule has 2 amide bonds. The molecule has 4 nitrogen and oxygen atoms in total.